The molecule has 1 aliphatic rings. The van der Waals surface area contributed by atoms with Crippen LogP contribution in [0, 0.1) is 0 Å². The van der Waals surface area contributed by atoms with Crippen LogP contribution in [-0.2, 0) is 27.9 Å². The van der Waals surface area contributed by atoms with Crippen molar-refractivity contribution in [1.82, 2.24) is 5.32 Å². The minimum Gasteiger partial charge on any atom is -0.457 e. The van der Waals surface area contributed by atoms with Crippen molar-refractivity contribution >= 4 is 13.8 Å². The predicted octanol–water partition coefficient (Wildman–Crippen LogP) is 2.68. The summed E-state index contributed by atoms with van der Waals surface area (Å²) in [5.74, 6) is -2.68. The zero-order chi connectivity index (χ0) is 32.0. The molecule has 0 aromatic heterocycles. The molecule has 7 N–H and O–H groups in total. The fourth-order valence-corrected chi connectivity index (χ4v) is 5.52. The molecule has 0 spiro atoms. The van der Waals surface area contributed by atoms with E-state index in [4.69, 9.17) is 18.5 Å². The summed E-state index contributed by atoms with van der Waals surface area (Å²) in [7, 11) is -4.53. The second-order valence-electron chi connectivity index (χ2n) is 11.4. The Labute approximate surface area is 256 Å². The number of ether oxygens (including phenoxy) is 2. The van der Waals surface area contributed by atoms with E-state index < -0.39 is 57.2 Å². The summed E-state index contributed by atoms with van der Waals surface area (Å²) in [6, 6.07) is 0. The Kier molecular flexibility index (Phi) is 22.1. The Hall–Kier alpha value is -0.700. The van der Waals surface area contributed by atoms with Crippen LogP contribution in [0.3, 0.4) is 0 Å². The van der Waals surface area contributed by atoms with Crippen LogP contribution >= 0.6 is 7.82 Å². The largest absolute Gasteiger partial charge is 0.472 e. The third-order valence-electron chi connectivity index (χ3n) is 7.51. The monoisotopic (exact) mass is 643 g/mol. The molecule has 1 heterocycles. The Morgan fingerprint density at radius 2 is 1.47 bits per heavy atom. The molecule has 0 saturated carbocycles. The summed E-state index contributed by atoms with van der Waals surface area (Å²) >= 11 is 0. The molecule has 0 radical (unpaired) electrons. The summed E-state index contributed by atoms with van der Waals surface area (Å²) in [5.41, 5.74) is 0. The molecular weight excluding hydrogens is 585 g/mol. The average molecular weight is 644 g/mol. The molecule has 1 aliphatic heterocycles. The van der Waals surface area contributed by atoms with E-state index in [0.717, 1.165) is 19.3 Å². The van der Waals surface area contributed by atoms with Gasteiger partial charge in [0, 0.05) is 13.0 Å². The minimum atomic E-state index is -4.53. The van der Waals surface area contributed by atoms with Crippen LogP contribution in [0.15, 0.2) is 0 Å². The van der Waals surface area contributed by atoms with Gasteiger partial charge in [-0.1, -0.05) is 96.8 Å². The van der Waals surface area contributed by atoms with Crippen molar-refractivity contribution in [3.8, 4) is 0 Å². The van der Waals surface area contributed by atoms with Gasteiger partial charge in [-0.2, -0.15) is 0 Å². The highest BCUT2D eigenvalue weighted by atomic mass is 31.2. The summed E-state index contributed by atoms with van der Waals surface area (Å²) in [6.45, 7) is -0.0422. The highest BCUT2D eigenvalue weighted by molar-refractivity contribution is 7.47. The fraction of sp³-hybridized carbons (Fsp3) is 0.966. The number of unbranched alkanes of at least 4 members (excludes halogenated alkanes) is 14. The van der Waals surface area contributed by atoms with Crippen molar-refractivity contribution in [2.24, 2.45) is 0 Å². The van der Waals surface area contributed by atoms with E-state index in [1.54, 1.807) is 0 Å². The number of aliphatic hydroxyl groups is 5. The van der Waals surface area contributed by atoms with Gasteiger partial charge in [0.2, 0.25) is 5.79 Å². The molecule has 1 rings (SSSR count). The van der Waals surface area contributed by atoms with E-state index in [1.807, 2.05) is 0 Å². The van der Waals surface area contributed by atoms with Crippen molar-refractivity contribution in [3.05, 3.63) is 0 Å². The highest BCUT2D eigenvalue weighted by Gasteiger charge is 2.48. The van der Waals surface area contributed by atoms with Crippen molar-refractivity contribution in [3.63, 3.8) is 0 Å². The van der Waals surface area contributed by atoms with Gasteiger partial charge < -0.3 is 45.2 Å². The van der Waals surface area contributed by atoms with Gasteiger partial charge in [-0.15, -0.1) is 0 Å². The second-order valence-corrected chi connectivity index (χ2v) is 12.9. The van der Waals surface area contributed by atoms with E-state index in [9.17, 15) is 39.8 Å². The first kappa shape index (κ1) is 40.3. The van der Waals surface area contributed by atoms with E-state index in [-0.39, 0.29) is 32.7 Å². The van der Waals surface area contributed by atoms with E-state index in [1.165, 1.54) is 70.6 Å². The normalized spacial score (nSPS) is 24.5. The maximum Gasteiger partial charge on any atom is 0.472 e. The summed E-state index contributed by atoms with van der Waals surface area (Å²) < 4.78 is 31.9. The first-order valence-electron chi connectivity index (χ1n) is 16.1. The van der Waals surface area contributed by atoms with Crippen LogP contribution in [0.5, 0.6) is 0 Å². The standard InChI is InChI=1S/C29H58NO12P/c1-2-3-4-5-6-7-8-9-10-11-12-13-14-15-16-17-26(33)42-24(20-31)21-41-43(37,38)40-19-18-30-23-29(36)28(35)27(34)25(32)22-39-29/h24-25,27-28,30-32,34-36H,2-23H2,1H3,(H,37,38)/t24-,25-,27-,28+,29-/m1/s1. The quantitative estimate of drug-likeness (QED) is 0.0391. The molecule has 0 aliphatic carbocycles. The van der Waals surface area contributed by atoms with Gasteiger partial charge in [-0.05, 0) is 6.42 Å². The van der Waals surface area contributed by atoms with E-state index >= 15 is 0 Å². The van der Waals surface area contributed by atoms with Crippen LogP contribution in [-0.4, -0.2) is 106 Å². The molecular formula is C29H58NO12P. The molecule has 0 aromatic rings. The van der Waals surface area contributed by atoms with Crippen LogP contribution in [0.4, 0.5) is 0 Å². The predicted molar refractivity (Wildman–Crippen MR) is 160 cm³/mol. The van der Waals surface area contributed by atoms with Gasteiger partial charge in [0.1, 0.15) is 24.4 Å². The van der Waals surface area contributed by atoms with Gasteiger partial charge >= 0.3 is 13.8 Å². The minimum absolute atomic E-state index is 0.0668. The zero-order valence-electron chi connectivity index (χ0n) is 25.9. The van der Waals surface area contributed by atoms with Gasteiger partial charge in [-0.25, -0.2) is 4.57 Å². The maximum atomic E-state index is 12.1. The second kappa shape index (κ2) is 23.6. The van der Waals surface area contributed by atoms with Gasteiger partial charge in [-0.3, -0.25) is 13.8 Å². The lowest BCUT2D eigenvalue weighted by atomic mass is 9.97. The number of aliphatic hydroxyl groups excluding tert-OH is 4. The first-order chi connectivity index (χ1) is 20.5. The molecule has 1 saturated heterocycles. The number of hydrogen-bond donors (Lipinski definition) is 7. The Morgan fingerprint density at radius 1 is 0.930 bits per heavy atom. The SMILES string of the molecule is CCCCCCCCCCCCCCCCCC(=O)O[C@H](CO)COP(=O)(O)OCCNC[C@@]1(O)OC[C@@H](O)[C@@H](O)[C@@H]1O. The van der Waals surface area contributed by atoms with Crippen LogP contribution < -0.4 is 5.32 Å². The number of hydrogen-bond acceptors (Lipinski definition) is 12. The number of phosphoric ester groups is 1. The number of nitrogens with one attached hydrogen (secondary N) is 1. The van der Waals surface area contributed by atoms with E-state index in [2.05, 4.69) is 12.2 Å². The fourth-order valence-electron chi connectivity index (χ4n) is 4.77. The Bertz CT molecular complexity index is 763. The smallest absolute Gasteiger partial charge is 0.457 e. The molecule has 1 unspecified atom stereocenters. The maximum absolute atomic E-state index is 12.1. The van der Waals surface area contributed by atoms with Gasteiger partial charge in [0.25, 0.3) is 0 Å². The van der Waals surface area contributed by atoms with Gasteiger partial charge in [0.15, 0.2) is 0 Å². The van der Waals surface area contributed by atoms with Crippen LogP contribution in [0.1, 0.15) is 110 Å². The molecule has 1 fully saturated rings. The Morgan fingerprint density at radius 3 is 2.00 bits per heavy atom. The number of rotatable bonds is 27. The lowest BCUT2D eigenvalue weighted by Crippen LogP contribution is -2.64. The van der Waals surface area contributed by atoms with E-state index in [0.29, 0.717) is 6.42 Å². The van der Waals surface area contributed by atoms with Crippen molar-refractivity contribution < 1.29 is 58.3 Å². The Balaban J connectivity index is 2.05. The lowest BCUT2D eigenvalue weighted by molar-refractivity contribution is -0.317. The number of carbonyl (C=O) groups is 1. The topological polar surface area (TPSA) is 204 Å². The molecule has 14 heteroatoms. The number of esters is 1. The number of phosphoric acid groups is 1. The zero-order valence-corrected chi connectivity index (χ0v) is 26.8. The highest BCUT2D eigenvalue weighted by Crippen LogP contribution is 2.43. The summed E-state index contributed by atoms with van der Waals surface area (Å²) in [6.07, 6.45) is 12.6. The summed E-state index contributed by atoms with van der Waals surface area (Å²) in [4.78, 5) is 21.9. The summed E-state index contributed by atoms with van der Waals surface area (Å²) in [5, 5.41) is 51.4. The van der Waals surface area contributed by atoms with Crippen molar-refractivity contribution in [2.75, 3.05) is 39.5 Å². The van der Waals surface area contributed by atoms with Crippen molar-refractivity contribution in [1.29, 1.82) is 0 Å². The van der Waals surface area contributed by atoms with Gasteiger partial charge in [0.05, 0.1) is 33.0 Å². The first-order valence-corrected chi connectivity index (χ1v) is 17.6. The third kappa shape index (κ3) is 18.8. The average Bonchev–Trinajstić information content (AvgIpc) is 2.98. The lowest BCUT2D eigenvalue weighted by Gasteiger charge is -2.41. The molecule has 256 valence electrons. The molecule has 43 heavy (non-hydrogen) atoms. The molecule has 6 atom stereocenters. The molecule has 0 bridgehead atoms. The number of carbonyl (C=O) groups excluding carboxylic acids is 1. The van der Waals surface area contributed by atoms with Crippen molar-refractivity contribution in [2.45, 2.75) is 140 Å². The van der Waals surface area contributed by atoms with Crippen LogP contribution in [0.2, 0.25) is 0 Å². The molecule has 13 nitrogen and oxygen atoms in total. The third-order valence-corrected chi connectivity index (χ3v) is 8.49. The molecule has 0 aromatic carbocycles. The van der Waals surface area contributed by atoms with Crippen LogP contribution in [0.25, 0.3) is 0 Å². The molecule has 0 amide bonds.